The highest BCUT2D eigenvalue weighted by atomic mass is 16.5. The highest BCUT2D eigenvalue weighted by Crippen LogP contribution is 2.39. The Morgan fingerprint density at radius 2 is 1.46 bits per heavy atom. The molecule has 2 unspecified atom stereocenters. The van der Waals surface area contributed by atoms with E-state index >= 15 is 0 Å². The first-order chi connectivity index (χ1) is 28.8. The van der Waals surface area contributed by atoms with Gasteiger partial charge in [0, 0.05) is 55.8 Å². The molecule has 0 bridgehead atoms. The van der Waals surface area contributed by atoms with Crippen molar-refractivity contribution < 1.29 is 29.0 Å². The summed E-state index contributed by atoms with van der Waals surface area (Å²) in [7, 11) is 0. The van der Waals surface area contributed by atoms with Crippen molar-refractivity contribution in [2.45, 2.75) is 87.9 Å². The Balaban J connectivity index is 0.711. The molecule has 59 heavy (non-hydrogen) atoms. The van der Waals surface area contributed by atoms with Gasteiger partial charge in [-0.1, -0.05) is 24.3 Å². The summed E-state index contributed by atoms with van der Waals surface area (Å²) in [4.78, 5) is 52.7. The molecule has 2 atom stereocenters. The fraction of sp³-hybridized carbons (Fsp3) is 0.409. The number of carbonyl (C=O) groups excluding carboxylic acids is 3. The first-order valence-electron chi connectivity index (χ1n) is 20.7. The molecule has 1 aliphatic carbocycles. The number of aromatic nitrogens is 4. The number of rotatable bonds is 9. The number of amides is 3. The molecule has 5 aliphatic rings. The van der Waals surface area contributed by atoms with Crippen molar-refractivity contribution in [1.82, 2.24) is 39.8 Å². The van der Waals surface area contributed by atoms with Gasteiger partial charge in [-0.25, -0.2) is 14.6 Å². The number of nitrogens with one attached hydrogen (secondary N) is 1. The molecule has 1 saturated carbocycles. The smallest absolute Gasteiger partial charge is 0.257 e. The van der Waals surface area contributed by atoms with Crippen LogP contribution in [-0.2, 0) is 9.59 Å². The van der Waals surface area contributed by atoms with Gasteiger partial charge >= 0.3 is 0 Å². The van der Waals surface area contributed by atoms with E-state index in [0.29, 0.717) is 34.8 Å². The van der Waals surface area contributed by atoms with Crippen LogP contribution in [0.25, 0.3) is 22.3 Å². The van der Waals surface area contributed by atoms with E-state index < -0.39 is 24.1 Å². The second kappa shape index (κ2) is 15.4. The minimum absolute atomic E-state index is 0.0185. The van der Waals surface area contributed by atoms with Gasteiger partial charge in [-0.05, 0) is 93.5 Å². The summed E-state index contributed by atoms with van der Waals surface area (Å²) in [6, 6.07) is 23.2. The monoisotopic (exact) mass is 797 g/mol. The van der Waals surface area contributed by atoms with Crippen molar-refractivity contribution in [3.05, 3.63) is 90.3 Å². The number of likely N-dealkylation sites (tertiary alicyclic amines) is 2. The fourth-order valence-corrected chi connectivity index (χ4v) is 9.75. The number of carbonyl (C=O) groups is 3. The largest absolute Gasteiger partial charge is 0.488 e. The van der Waals surface area contributed by atoms with Gasteiger partial charge in [0.1, 0.15) is 47.2 Å². The number of benzene rings is 3. The van der Waals surface area contributed by atoms with Gasteiger partial charge < -0.3 is 25.2 Å². The number of imide groups is 1. The van der Waals surface area contributed by atoms with E-state index in [2.05, 4.69) is 29.8 Å². The molecule has 3 amide bonds. The lowest BCUT2D eigenvalue weighted by molar-refractivity contribution is -0.139. The quantitative estimate of drug-likeness (QED) is 0.173. The molecule has 4 aliphatic heterocycles. The first-order valence-corrected chi connectivity index (χ1v) is 20.7. The van der Waals surface area contributed by atoms with Crippen LogP contribution in [0, 0.1) is 0 Å². The van der Waals surface area contributed by atoms with Gasteiger partial charge in [0.15, 0.2) is 11.9 Å². The molecule has 5 aromatic rings. The van der Waals surface area contributed by atoms with Crippen LogP contribution in [0.2, 0.25) is 0 Å². The third-order valence-electron chi connectivity index (χ3n) is 12.9. The lowest BCUT2D eigenvalue weighted by Crippen LogP contribution is -2.59. The molecular weight excluding hydrogens is 751 g/mol. The molecule has 304 valence electrons. The van der Waals surface area contributed by atoms with Crippen molar-refractivity contribution in [2.24, 2.45) is 0 Å². The van der Waals surface area contributed by atoms with E-state index in [-0.39, 0.29) is 30.9 Å². The Bertz CT molecular complexity index is 2390. The van der Waals surface area contributed by atoms with Crippen molar-refractivity contribution in [1.29, 1.82) is 0 Å². The molecule has 3 saturated heterocycles. The van der Waals surface area contributed by atoms with Gasteiger partial charge in [0.2, 0.25) is 11.8 Å². The Morgan fingerprint density at radius 3 is 2.19 bits per heavy atom. The summed E-state index contributed by atoms with van der Waals surface area (Å²) < 4.78 is 14.4. The van der Waals surface area contributed by atoms with Crippen molar-refractivity contribution in [3.8, 4) is 28.5 Å². The number of hydrogen-bond acceptors (Lipinski definition) is 12. The Morgan fingerprint density at radius 1 is 0.763 bits per heavy atom. The minimum Gasteiger partial charge on any atom is -0.488 e. The molecule has 4 fully saturated rings. The van der Waals surface area contributed by atoms with Crippen LogP contribution < -0.4 is 20.5 Å². The summed E-state index contributed by atoms with van der Waals surface area (Å²) in [6.07, 6.45) is 7.21. The van der Waals surface area contributed by atoms with Gasteiger partial charge in [-0.2, -0.15) is 5.10 Å². The molecule has 2 aromatic heterocycles. The number of aliphatic hydroxyl groups is 1. The van der Waals surface area contributed by atoms with Gasteiger partial charge in [0.05, 0.1) is 17.0 Å². The van der Waals surface area contributed by atoms with Crippen LogP contribution in [0.3, 0.4) is 0 Å². The van der Waals surface area contributed by atoms with Crippen LogP contribution >= 0.6 is 0 Å². The van der Waals surface area contributed by atoms with E-state index in [9.17, 15) is 19.5 Å². The topological polar surface area (TPSA) is 181 Å². The van der Waals surface area contributed by atoms with Crippen molar-refractivity contribution in [3.63, 3.8) is 0 Å². The third kappa shape index (κ3) is 7.06. The number of anilines is 1. The molecule has 0 spiro atoms. The van der Waals surface area contributed by atoms with E-state index in [1.54, 1.807) is 18.2 Å². The average Bonchev–Trinajstić information content (AvgIpc) is 3.75. The summed E-state index contributed by atoms with van der Waals surface area (Å²) in [5.74, 6) is 1.17. The van der Waals surface area contributed by atoms with Crippen LogP contribution in [0.1, 0.15) is 79.6 Å². The van der Waals surface area contributed by atoms with Gasteiger partial charge in [-0.3, -0.25) is 29.5 Å². The predicted molar refractivity (Wildman–Crippen MR) is 217 cm³/mol. The highest BCUT2D eigenvalue weighted by Gasteiger charge is 2.45. The maximum atomic E-state index is 13.3. The number of piperidine rings is 2. The normalized spacial score (nSPS) is 24.6. The molecule has 6 heterocycles. The van der Waals surface area contributed by atoms with Crippen molar-refractivity contribution in [2.75, 3.05) is 31.9 Å². The lowest BCUT2D eigenvalue weighted by atomic mass is 9.86. The first kappa shape index (κ1) is 37.4. The number of hydrogen-bond donors (Lipinski definition) is 3. The van der Waals surface area contributed by atoms with E-state index in [1.807, 2.05) is 54.6 Å². The maximum absolute atomic E-state index is 13.3. The zero-order valence-corrected chi connectivity index (χ0v) is 32.7. The standard InChI is InChI=1S/C44H47N9O6/c45-40-38-39(26-6-12-31(13-7-26)58-30-4-2-1-3-5-30)49-53(41(38)47-25-46-40)29-18-20-50(21-19-29)27-8-10-28(11-9-27)51-23-33(24-51)59-32-14-15-34-35(22-32)44(57)52(43(34)56)36-16-17-37(54)48-42(36)55/h1-7,12-15,22,25,27-29,33,36,43,56H,8-11,16-21,23-24H2,(H2,45,46,47)(H,48,54,55). The Hall–Kier alpha value is -5.90. The number of para-hydroxylation sites is 1. The third-order valence-corrected chi connectivity index (χ3v) is 12.9. The number of nitrogen functional groups attached to an aromatic ring is 1. The Kier molecular flexibility index (Phi) is 9.73. The number of nitrogens with zero attached hydrogens (tertiary/aromatic N) is 7. The number of fused-ring (bicyclic) bond motifs is 2. The second-order valence-electron chi connectivity index (χ2n) is 16.4. The summed E-state index contributed by atoms with van der Waals surface area (Å²) in [6.45, 7) is 3.68. The minimum atomic E-state index is -1.24. The predicted octanol–water partition coefficient (Wildman–Crippen LogP) is 4.83. The SMILES string of the molecule is Nc1ncnc2c1c(-c1ccc(Oc3ccccc3)cc1)nn2C1CCN(C2CCC(N3CC(Oc4ccc5c(c4)C(=O)N(C4CCC(=O)NC4=O)C5O)C3)CC2)CC1. The number of ether oxygens (including phenoxy) is 2. The van der Waals surface area contributed by atoms with E-state index in [1.165, 1.54) is 24.1 Å². The van der Waals surface area contributed by atoms with Crippen LogP contribution in [0.4, 0.5) is 5.82 Å². The fourth-order valence-electron chi connectivity index (χ4n) is 9.75. The van der Waals surface area contributed by atoms with Gasteiger partial charge in [-0.15, -0.1) is 0 Å². The average molecular weight is 798 g/mol. The van der Waals surface area contributed by atoms with Crippen LogP contribution in [0.5, 0.6) is 17.2 Å². The zero-order valence-electron chi connectivity index (χ0n) is 32.7. The molecule has 4 N–H and O–H groups in total. The van der Waals surface area contributed by atoms with Gasteiger partial charge in [0.25, 0.3) is 5.91 Å². The molecule has 15 heteroatoms. The summed E-state index contributed by atoms with van der Waals surface area (Å²) in [5, 5.41) is 19.1. The van der Waals surface area contributed by atoms with Crippen molar-refractivity contribution >= 4 is 34.6 Å². The Labute approximate surface area is 341 Å². The molecule has 15 nitrogen and oxygen atoms in total. The number of aliphatic hydroxyl groups excluding tert-OH is 1. The van der Waals surface area contributed by atoms with E-state index in [0.717, 1.165) is 85.7 Å². The number of nitrogens with two attached hydrogens (primary N) is 1. The van der Waals surface area contributed by atoms with Crippen LogP contribution in [0.15, 0.2) is 79.1 Å². The molecule has 0 radical (unpaired) electrons. The van der Waals surface area contributed by atoms with E-state index in [4.69, 9.17) is 20.3 Å². The summed E-state index contributed by atoms with van der Waals surface area (Å²) in [5.41, 5.74) is 9.71. The lowest BCUT2D eigenvalue weighted by Gasteiger charge is -2.48. The molecule has 10 rings (SSSR count). The summed E-state index contributed by atoms with van der Waals surface area (Å²) >= 11 is 0. The highest BCUT2D eigenvalue weighted by molar-refractivity contribution is 6.06. The molecular formula is C44H47N9O6. The second-order valence-corrected chi connectivity index (χ2v) is 16.4. The van der Waals surface area contributed by atoms with Crippen LogP contribution in [-0.4, -0.2) is 108 Å². The zero-order chi connectivity index (χ0) is 40.2. The molecule has 3 aromatic carbocycles. The maximum Gasteiger partial charge on any atom is 0.257 e.